The van der Waals surface area contributed by atoms with E-state index in [2.05, 4.69) is 4.98 Å². The number of nitriles is 1. The highest BCUT2D eigenvalue weighted by Crippen LogP contribution is 2.26. The van der Waals surface area contributed by atoms with Crippen LogP contribution in [0.5, 0.6) is 5.75 Å². The summed E-state index contributed by atoms with van der Waals surface area (Å²) >= 11 is 0. The van der Waals surface area contributed by atoms with Crippen LogP contribution in [-0.4, -0.2) is 31.1 Å². The molecule has 1 saturated heterocycles. The average molecular weight is 312 g/mol. The van der Waals surface area contributed by atoms with Crippen LogP contribution in [0.15, 0.2) is 35.1 Å². The maximum atomic E-state index is 11.9. The van der Waals surface area contributed by atoms with Crippen molar-refractivity contribution in [2.24, 2.45) is 0 Å². The van der Waals surface area contributed by atoms with E-state index in [-0.39, 0.29) is 17.4 Å². The summed E-state index contributed by atoms with van der Waals surface area (Å²) in [6.07, 6.45) is -0.352. The normalized spacial score (nSPS) is 14.6. The van der Waals surface area contributed by atoms with E-state index in [1.165, 1.54) is 0 Å². The molecule has 1 aliphatic heterocycles. The van der Waals surface area contributed by atoms with Gasteiger partial charge in [0.1, 0.15) is 24.0 Å². The van der Waals surface area contributed by atoms with E-state index in [1.54, 1.807) is 19.1 Å². The summed E-state index contributed by atoms with van der Waals surface area (Å²) < 4.78 is 16.3. The molecule has 0 atom stereocenters. The van der Waals surface area contributed by atoms with Gasteiger partial charge in [0, 0.05) is 11.3 Å². The summed E-state index contributed by atoms with van der Waals surface area (Å²) in [6.45, 7) is 3.22. The summed E-state index contributed by atoms with van der Waals surface area (Å²) in [5.41, 5.74) is 1.74. The van der Waals surface area contributed by atoms with Gasteiger partial charge in [-0.3, -0.25) is 4.79 Å². The number of benzene rings is 1. The van der Waals surface area contributed by atoms with Gasteiger partial charge in [-0.1, -0.05) is 12.1 Å². The number of aromatic nitrogens is 1. The standard InChI is InChI=1S/C17H16N2O4/c1-11-7-14(15(9-18)17(20)19-11)12-3-2-4-13(8-12)23-10-16-21-5-6-22-16/h2-4,7-8,16H,5-6,10H2,1H3,(H,19,20). The number of aromatic amines is 1. The van der Waals surface area contributed by atoms with Crippen LogP contribution >= 0.6 is 0 Å². The quantitative estimate of drug-likeness (QED) is 0.933. The molecule has 1 N–H and O–H groups in total. The predicted octanol–water partition coefficient (Wildman–Crippen LogP) is 1.97. The molecule has 0 bridgehead atoms. The molecular weight excluding hydrogens is 296 g/mol. The number of hydrogen-bond donors (Lipinski definition) is 1. The van der Waals surface area contributed by atoms with Crippen LogP contribution in [0.1, 0.15) is 11.3 Å². The van der Waals surface area contributed by atoms with Crippen molar-refractivity contribution in [3.05, 3.63) is 51.9 Å². The van der Waals surface area contributed by atoms with Crippen LogP contribution in [0.3, 0.4) is 0 Å². The number of rotatable bonds is 4. The molecule has 0 spiro atoms. The minimum atomic E-state index is -0.387. The van der Waals surface area contributed by atoms with Gasteiger partial charge in [0.25, 0.3) is 5.56 Å². The second-order valence-corrected chi connectivity index (χ2v) is 5.19. The smallest absolute Gasteiger partial charge is 0.266 e. The summed E-state index contributed by atoms with van der Waals surface area (Å²) in [5.74, 6) is 0.628. The van der Waals surface area contributed by atoms with E-state index >= 15 is 0 Å². The lowest BCUT2D eigenvalue weighted by molar-refractivity contribution is -0.0684. The second kappa shape index (κ2) is 6.65. The first-order valence-electron chi connectivity index (χ1n) is 7.28. The third-order valence-corrected chi connectivity index (χ3v) is 3.50. The summed E-state index contributed by atoms with van der Waals surface area (Å²) in [5, 5.41) is 9.23. The zero-order valence-electron chi connectivity index (χ0n) is 12.7. The van der Waals surface area contributed by atoms with Gasteiger partial charge in [-0.2, -0.15) is 5.26 Å². The number of aryl methyl sites for hydroxylation is 1. The van der Waals surface area contributed by atoms with Crippen LogP contribution in [-0.2, 0) is 9.47 Å². The van der Waals surface area contributed by atoms with E-state index in [1.807, 2.05) is 24.3 Å². The molecule has 2 aromatic rings. The molecule has 1 aliphatic rings. The van der Waals surface area contributed by atoms with Gasteiger partial charge in [-0.25, -0.2) is 0 Å². The Balaban J connectivity index is 1.88. The van der Waals surface area contributed by atoms with Gasteiger partial charge >= 0.3 is 0 Å². The number of ether oxygens (including phenoxy) is 3. The lowest BCUT2D eigenvalue weighted by Gasteiger charge is -2.12. The van der Waals surface area contributed by atoms with Crippen molar-refractivity contribution in [2.75, 3.05) is 19.8 Å². The van der Waals surface area contributed by atoms with Crippen LogP contribution in [0.25, 0.3) is 11.1 Å². The molecule has 0 aliphatic carbocycles. The Bertz CT molecular complexity index is 801. The van der Waals surface area contributed by atoms with E-state index < -0.39 is 0 Å². The lowest BCUT2D eigenvalue weighted by Crippen LogP contribution is -2.18. The molecule has 118 valence electrons. The molecule has 1 aromatic carbocycles. The van der Waals surface area contributed by atoms with Crippen molar-refractivity contribution in [2.45, 2.75) is 13.2 Å². The van der Waals surface area contributed by atoms with E-state index in [0.29, 0.717) is 36.8 Å². The highest BCUT2D eigenvalue weighted by Gasteiger charge is 2.17. The third kappa shape index (κ3) is 3.42. The molecule has 2 heterocycles. The first-order valence-corrected chi connectivity index (χ1v) is 7.28. The Kier molecular flexibility index (Phi) is 4.42. The fourth-order valence-corrected chi connectivity index (χ4v) is 2.45. The first-order chi connectivity index (χ1) is 11.2. The Hall–Kier alpha value is -2.62. The highest BCUT2D eigenvalue weighted by atomic mass is 16.7. The van der Waals surface area contributed by atoms with Gasteiger partial charge in [0.05, 0.1) is 13.2 Å². The maximum Gasteiger partial charge on any atom is 0.266 e. The molecule has 0 radical (unpaired) electrons. The van der Waals surface area contributed by atoms with Crippen molar-refractivity contribution in [3.8, 4) is 22.9 Å². The fraction of sp³-hybridized carbons (Fsp3) is 0.294. The largest absolute Gasteiger partial charge is 0.488 e. The third-order valence-electron chi connectivity index (χ3n) is 3.50. The number of nitrogens with one attached hydrogen (secondary N) is 1. The Morgan fingerprint density at radius 2 is 2.13 bits per heavy atom. The van der Waals surface area contributed by atoms with Gasteiger partial charge in [-0.15, -0.1) is 0 Å². The molecule has 1 fully saturated rings. The van der Waals surface area contributed by atoms with Crippen LogP contribution in [0.2, 0.25) is 0 Å². The molecule has 23 heavy (non-hydrogen) atoms. The van der Waals surface area contributed by atoms with Crippen LogP contribution in [0, 0.1) is 18.3 Å². The SMILES string of the molecule is Cc1cc(-c2cccc(OCC3OCCO3)c2)c(C#N)c(=O)[nH]1. The summed E-state index contributed by atoms with van der Waals surface area (Å²) in [6, 6.07) is 11.0. The van der Waals surface area contributed by atoms with Gasteiger partial charge in [0.15, 0.2) is 6.29 Å². The molecule has 0 saturated carbocycles. The average Bonchev–Trinajstić information content (AvgIpc) is 3.06. The van der Waals surface area contributed by atoms with Gasteiger partial charge in [-0.05, 0) is 30.7 Å². The maximum absolute atomic E-state index is 11.9. The first kappa shape index (κ1) is 15.3. The molecule has 0 amide bonds. The molecule has 3 rings (SSSR count). The fourth-order valence-electron chi connectivity index (χ4n) is 2.45. The number of H-pyrrole nitrogens is 1. The monoisotopic (exact) mass is 312 g/mol. The molecule has 0 unspecified atom stereocenters. The Morgan fingerprint density at radius 1 is 1.35 bits per heavy atom. The summed E-state index contributed by atoms with van der Waals surface area (Å²) in [7, 11) is 0. The molecular formula is C17H16N2O4. The van der Waals surface area contributed by atoms with E-state index in [4.69, 9.17) is 14.2 Å². The van der Waals surface area contributed by atoms with E-state index in [9.17, 15) is 10.1 Å². The molecule has 1 aromatic heterocycles. The van der Waals surface area contributed by atoms with Crippen LogP contribution in [0.4, 0.5) is 0 Å². The van der Waals surface area contributed by atoms with Gasteiger partial charge < -0.3 is 19.2 Å². The zero-order valence-corrected chi connectivity index (χ0v) is 12.7. The van der Waals surface area contributed by atoms with E-state index in [0.717, 1.165) is 5.56 Å². The topological polar surface area (TPSA) is 84.3 Å². The minimum Gasteiger partial charge on any atom is -0.488 e. The van der Waals surface area contributed by atoms with Crippen molar-refractivity contribution >= 4 is 0 Å². The van der Waals surface area contributed by atoms with Crippen molar-refractivity contribution < 1.29 is 14.2 Å². The lowest BCUT2D eigenvalue weighted by atomic mass is 10.0. The predicted molar refractivity (Wildman–Crippen MR) is 83.1 cm³/mol. The van der Waals surface area contributed by atoms with Crippen molar-refractivity contribution in [1.82, 2.24) is 4.98 Å². The van der Waals surface area contributed by atoms with Gasteiger partial charge in [0.2, 0.25) is 0 Å². The van der Waals surface area contributed by atoms with Crippen molar-refractivity contribution in [1.29, 1.82) is 5.26 Å². The zero-order chi connectivity index (χ0) is 16.2. The number of pyridine rings is 1. The molecule has 6 nitrogen and oxygen atoms in total. The minimum absolute atomic E-state index is 0.0928. The molecule has 6 heteroatoms. The highest BCUT2D eigenvalue weighted by molar-refractivity contribution is 5.71. The summed E-state index contributed by atoms with van der Waals surface area (Å²) in [4.78, 5) is 14.5. The van der Waals surface area contributed by atoms with Crippen LogP contribution < -0.4 is 10.3 Å². The van der Waals surface area contributed by atoms with Crippen molar-refractivity contribution in [3.63, 3.8) is 0 Å². The Morgan fingerprint density at radius 3 is 2.87 bits per heavy atom. The second-order valence-electron chi connectivity index (χ2n) is 5.19. The Labute approximate surface area is 133 Å². The number of hydrogen-bond acceptors (Lipinski definition) is 5. The number of nitrogens with zero attached hydrogens (tertiary/aromatic N) is 1.